The second-order valence-corrected chi connectivity index (χ2v) is 4.91. The van der Waals surface area contributed by atoms with Gasteiger partial charge in [-0.15, -0.1) is 0 Å². The van der Waals surface area contributed by atoms with Crippen LogP contribution >= 0.6 is 0 Å². The number of hydrogen-bond acceptors (Lipinski definition) is 3. The minimum atomic E-state index is -1.02. The molecule has 0 saturated heterocycles. The molecule has 0 spiro atoms. The van der Waals surface area contributed by atoms with E-state index < -0.39 is 5.97 Å². The van der Waals surface area contributed by atoms with Gasteiger partial charge in [0.2, 0.25) is 0 Å². The predicted molar refractivity (Wildman–Crippen MR) is 82.6 cm³/mol. The average molecular weight is 293 g/mol. The molecule has 5 heteroatoms. The Balaban J connectivity index is 1.78. The summed E-state index contributed by atoms with van der Waals surface area (Å²) in [5.41, 5.74) is 3.08. The summed E-state index contributed by atoms with van der Waals surface area (Å²) in [7, 11) is 0. The van der Waals surface area contributed by atoms with Gasteiger partial charge in [-0.2, -0.15) is 5.10 Å². The molecule has 1 aromatic carbocycles. The number of aryl methyl sites for hydroxylation is 2. The van der Waals surface area contributed by atoms with E-state index >= 15 is 0 Å². The van der Waals surface area contributed by atoms with E-state index in [2.05, 4.69) is 22.2 Å². The first kappa shape index (κ1) is 14.0. The molecule has 0 aliphatic carbocycles. The molecule has 3 rings (SSSR count). The van der Waals surface area contributed by atoms with Crippen LogP contribution in [0.4, 0.5) is 0 Å². The van der Waals surface area contributed by atoms with Crippen LogP contribution in [0, 0.1) is 0 Å². The summed E-state index contributed by atoms with van der Waals surface area (Å²) < 4.78 is 1.91. The van der Waals surface area contributed by atoms with Crippen LogP contribution in [0.3, 0.4) is 0 Å². The lowest BCUT2D eigenvalue weighted by Gasteiger charge is -2.08. The highest BCUT2D eigenvalue weighted by molar-refractivity contribution is 5.85. The molecule has 2 aromatic heterocycles. The normalized spacial score (nSPS) is 10.5. The molecule has 0 saturated carbocycles. The van der Waals surface area contributed by atoms with Crippen LogP contribution in [0.25, 0.3) is 11.3 Å². The molecule has 0 bridgehead atoms. The zero-order chi connectivity index (χ0) is 15.4. The van der Waals surface area contributed by atoms with Gasteiger partial charge in [0.15, 0.2) is 0 Å². The van der Waals surface area contributed by atoms with Crippen LogP contribution in [-0.2, 0) is 13.0 Å². The number of carboxylic acids is 1. The van der Waals surface area contributed by atoms with Gasteiger partial charge in [0.05, 0.1) is 5.69 Å². The highest BCUT2D eigenvalue weighted by Crippen LogP contribution is 2.18. The maximum Gasteiger partial charge on any atom is 0.354 e. The molecule has 0 amide bonds. The number of rotatable bonds is 5. The molecule has 0 atom stereocenters. The molecule has 5 nitrogen and oxygen atoms in total. The molecule has 22 heavy (non-hydrogen) atoms. The summed E-state index contributed by atoms with van der Waals surface area (Å²) in [4.78, 5) is 14.8. The molecular formula is C17H15N3O2. The Bertz CT molecular complexity index is 764. The first-order valence-electron chi connectivity index (χ1n) is 6.99. The lowest BCUT2D eigenvalue weighted by Crippen LogP contribution is -2.05. The number of hydrogen-bond donors (Lipinski definition) is 1. The predicted octanol–water partition coefficient (Wildman–Crippen LogP) is 2.89. The first-order chi connectivity index (χ1) is 10.7. The monoisotopic (exact) mass is 293 g/mol. The number of nitrogens with zero attached hydrogens (tertiary/aromatic N) is 3. The topological polar surface area (TPSA) is 68.0 Å². The fourth-order valence-electron chi connectivity index (χ4n) is 2.31. The van der Waals surface area contributed by atoms with E-state index in [-0.39, 0.29) is 5.69 Å². The first-order valence-corrected chi connectivity index (χ1v) is 6.99. The molecule has 2 heterocycles. The van der Waals surface area contributed by atoms with Crippen molar-refractivity contribution >= 4 is 5.97 Å². The summed E-state index contributed by atoms with van der Waals surface area (Å²) in [5.74, 6) is -1.02. The third-order valence-corrected chi connectivity index (χ3v) is 3.45. The van der Waals surface area contributed by atoms with Crippen LogP contribution in [0.1, 0.15) is 16.1 Å². The SMILES string of the molecule is O=C(O)c1ccc(-c2ccnn2CCc2ccccc2)cn1. The van der Waals surface area contributed by atoms with Crippen LogP contribution in [0.2, 0.25) is 0 Å². The molecule has 0 radical (unpaired) electrons. The van der Waals surface area contributed by atoms with Gasteiger partial charge in [-0.05, 0) is 30.2 Å². The van der Waals surface area contributed by atoms with Gasteiger partial charge in [-0.3, -0.25) is 4.68 Å². The number of pyridine rings is 1. The summed E-state index contributed by atoms with van der Waals surface area (Å²) in [6, 6.07) is 15.4. The zero-order valence-corrected chi connectivity index (χ0v) is 11.9. The lowest BCUT2D eigenvalue weighted by molar-refractivity contribution is 0.0690. The summed E-state index contributed by atoms with van der Waals surface area (Å²) in [6.45, 7) is 0.757. The number of aromatic carboxylic acids is 1. The van der Waals surface area contributed by atoms with Gasteiger partial charge in [-0.1, -0.05) is 30.3 Å². The maximum atomic E-state index is 10.8. The van der Waals surface area contributed by atoms with Crippen LogP contribution in [0.15, 0.2) is 60.9 Å². The Morgan fingerprint density at radius 3 is 2.59 bits per heavy atom. The molecule has 0 unspecified atom stereocenters. The number of aromatic nitrogens is 3. The summed E-state index contributed by atoms with van der Waals surface area (Å²) in [6.07, 6.45) is 4.20. The van der Waals surface area contributed by atoms with E-state index in [0.717, 1.165) is 24.2 Å². The third kappa shape index (κ3) is 3.03. The van der Waals surface area contributed by atoms with E-state index in [1.165, 1.54) is 11.6 Å². The Morgan fingerprint density at radius 1 is 1.09 bits per heavy atom. The van der Waals surface area contributed by atoms with Crippen molar-refractivity contribution in [1.29, 1.82) is 0 Å². The quantitative estimate of drug-likeness (QED) is 0.785. The van der Waals surface area contributed by atoms with Crippen molar-refractivity contribution in [2.45, 2.75) is 13.0 Å². The Kier molecular flexibility index (Phi) is 3.96. The van der Waals surface area contributed by atoms with Crippen molar-refractivity contribution in [3.63, 3.8) is 0 Å². The molecule has 0 aliphatic rings. The lowest BCUT2D eigenvalue weighted by atomic mass is 10.1. The van der Waals surface area contributed by atoms with Gasteiger partial charge < -0.3 is 5.11 Å². The molecule has 1 N–H and O–H groups in total. The van der Waals surface area contributed by atoms with Crippen molar-refractivity contribution in [3.05, 3.63) is 72.2 Å². The van der Waals surface area contributed by atoms with Crippen molar-refractivity contribution in [1.82, 2.24) is 14.8 Å². The second kappa shape index (κ2) is 6.22. The van der Waals surface area contributed by atoms with Crippen molar-refractivity contribution < 1.29 is 9.90 Å². The van der Waals surface area contributed by atoms with E-state index in [1.807, 2.05) is 28.9 Å². The van der Waals surface area contributed by atoms with Crippen molar-refractivity contribution in [3.8, 4) is 11.3 Å². The summed E-state index contributed by atoms with van der Waals surface area (Å²) in [5, 5.41) is 13.2. The Labute approximate surface area is 127 Å². The Morgan fingerprint density at radius 2 is 1.91 bits per heavy atom. The zero-order valence-electron chi connectivity index (χ0n) is 11.9. The highest BCUT2D eigenvalue weighted by Gasteiger charge is 2.08. The molecule has 0 fully saturated rings. The van der Waals surface area contributed by atoms with E-state index in [1.54, 1.807) is 18.5 Å². The van der Waals surface area contributed by atoms with E-state index in [9.17, 15) is 4.79 Å². The van der Waals surface area contributed by atoms with Crippen LogP contribution in [0.5, 0.6) is 0 Å². The molecule has 3 aromatic rings. The molecular weight excluding hydrogens is 278 g/mol. The minimum absolute atomic E-state index is 0.0408. The van der Waals surface area contributed by atoms with Gasteiger partial charge in [0, 0.05) is 24.5 Å². The number of carboxylic acid groups (broad SMARTS) is 1. The highest BCUT2D eigenvalue weighted by atomic mass is 16.4. The maximum absolute atomic E-state index is 10.8. The van der Waals surface area contributed by atoms with Crippen LogP contribution < -0.4 is 0 Å². The van der Waals surface area contributed by atoms with Gasteiger partial charge >= 0.3 is 5.97 Å². The number of benzene rings is 1. The average Bonchev–Trinajstić information content (AvgIpc) is 3.02. The van der Waals surface area contributed by atoms with Crippen molar-refractivity contribution in [2.24, 2.45) is 0 Å². The smallest absolute Gasteiger partial charge is 0.354 e. The van der Waals surface area contributed by atoms with Gasteiger partial charge in [0.25, 0.3) is 0 Å². The van der Waals surface area contributed by atoms with Crippen molar-refractivity contribution in [2.75, 3.05) is 0 Å². The molecule has 0 aliphatic heterocycles. The van der Waals surface area contributed by atoms with Crippen LogP contribution in [-0.4, -0.2) is 25.8 Å². The Hall–Kier alpha value is -2.95. The fourth-order valence-corrected chi connectivity index (χ4v) is 2.31. The minimum Gasteiger partial charge on any atom is -0.477 e. The standard InChI is InChI=1S/C17H15N3O2/c21-17(22)15-7-6-14(12-18-15)16-8-10-19-20(16)11-9-13-4-2-1-3-5-13/h1-8,10,12H,9,11H2,(H,21,22). The van der Waals surface area contributed by atoms with E-state index in [4.69, 9.17) is 5.11 Å². The number of carbonyl (C=O) groups is 1. The third-order valence-electron chi connectivity index (χ3n) is 3.45. The summed E-state index contributed by atoms with van der Waals surface area (Å²) >= 11 is 0. The fraction of sp³-hybridized carbons (Fsp3) is 0.118. The molecule has 110 valence electrons. The second-order valence-electron chi connectivity index (χ2n) is 4.91. The van der Waals surface area contributed by atoms with E-state index in [0.29, 0.717) is 0 Å². The van der Waals surface area contributed by atoms with Gasteiger partial charge in [0.1, 0.15) is 5.69 Å². The largest absolute Gasteiger partial charge is 0.477 e. The van der Waals surface area contributed by atoms with Gasteiger partial charge in [-0.25, -0.2) is 9.78 Å².